The maximum Gasteiger partial charge on any atom is 0.279 e. The van der Waals surface area contributed by atoms with Gasteiger partial charge in [-0.15, -0.1) is 0 Å². The van der Waals surface area contributed by atoms with E-state index in [-0.39, 0.29) is 0 Å². The maximum atomic E-state index is 12.1. The van der Waals surface area contributed by atoms with Crippen LogP contribution in [-0.4, -0.2) is 38.9 Å². The van der Waals surface area contributed by atoms with Gasteiger partial charge in [-0.1, -0.05) is 39.5 Å². The van der Waals surface area contributed by atoms with Crippen LogP contribution in [0.25, 0.3) is 0 Å². The molecule has 1 fully saturated rings. The van der Waals surface area contributed by atoms with Gasteiger partial charge in [0.25, 0.3) is 10.2 Å². The second-order valence-corrected chi connectivity index (χ2v) is 8.33. The van der Waals surface area contributed by atoms with Gasteiger partial charge in [-0.05, 0) is 37.6 Å². The first-order valence-corrected chi connectivity index (χ1v) is 9.84. The van der Waals surface area contributed by atoms with Crippen molar-refractivity contribution in [1.29, 1.82) is 0 Å². The fourth-order valence-electron chi connectivity index (χ4n) is 2.71. The van der Waals surface area contributed by atoms with Crippen molar-refractivity contribution in [2.45, 2.75) is 58.8 Å². The standard InChI is InChI=1S/C15H33N3O2S/c1-14(2)7-5-3-4-6-10-17-21(19,20)18-11-8-15(13-16)9-12-18/h14-15,17H,3-13,16H2,1-2H3. The molecule has 3 N–H and O–H groups in total. The summed E-state index contributed by atoms with van der Waals surface area (Å²) in [6.45, 7) is 6.90. The van der Waals surface area contributed by atoms with E-state index in [1.807, 2.05) is 0 Å². The third-order valence-corrected chi connectivity index (χ3v) is 5.85. The average molecular weight is 320 g/mol. The van der Waals surface area contributed by atoms with Crippen molar-refractivity contribution < 1.29 is 8.42 Å². The smallest absolute Gasteiger partial charge is 0.279 e. The molecule has 21 heavy (non-hydrogen) atoms. The van der Waals surface area contributed by atoms with Gasteiger partial charge >= 0.3 is 0 Å². The van der Waals surface area contributed by atoms with Crippen LogP contribution in [0.15, 0.2) is 0 Å². The molecule has 0 atom stereocenters. The Morgan fingerprint density at radius 2 is 1.76 bits per heavy atom. The van der Waals surface area contributed by atoms with Crippen LogP contribution in [0, 0.1) is 11.8 Å². The van der Waals surface area contributed by atoms with E-state index in [2.05, 4.69) is 18.6 Å². The monoisotopic (exact) mass is 319 g/mol. The molecular weight excluding hydrogens is 286 g/mol. The molecule has 0 aliphatic carbocycles. The van der Waals surface area contributed by atoms with Crippen molar-refractivity contribution in [1.82, 2.24) is 9.03 Å². The summed E-state index contributed by atoms with van der Waals surface area (Å²) in [4.78, 5) is 0. The fraction of sp³-hybridized carbons (Fsp3) is 1.00. The van der Waals surface area contributed by atoms with Crippen LogP contribution in [-0.2, 0) is 10.2 Å². The molecule has 1 aliphatic rings. The molecule has 0 unspecified atom stereocenters. The van der Waals surface area contributed by atoms with Gasteiger partial charge in [-0.3, -0.25) is 0 Å². The Hall–Kier alpha value is -0.170. The SMILES string of the molecule is CC(C)CCCCCCNS(=O)(=O)N1CCC(CN)CC1. The Bertz CT molecular complexity index is 363. The molecular formula is C15H33N3O2S. The first-order valence-electron chi connectivity index (χ1n) is 8.40. The number of unbranched alkanes of at least 4 members (excludes halogenated alkanes) is 3. The zero-order chi connectivity index (χ0) is 15.7. The summed E-state index contributed by atoms with van der Waals surface area (Å²) < 4.78 is 28.6. The van der Waals surface area contributed by atoms with Crippen molar-refractivity contribution in [2.24, 2.45) is 17.6 Å². The highest BCUT2D eigenvalue weighted by Gasteiger charge is 2.26. The zero-order valence-corrected chi connectivity index (χ0v) is 14.5. The highest BCUT2D eigenvalue weighted by molar-refractivity contribution is 7.87. The van der Waals surface area contributed by atoms with E-state index in [1.165, 1.54) is 19.3 Å². The Morgan fingerprint density at radius 1 is 1.14 bits per heavy atom. The lowest BCUT2D eigenvalue weighted by atomic mass is 9.99. The summed E-state index contributed by atoms with van der Waals surface area (Å²) in [5, 5.41) is 0. The van der Waals surface area contributed by atoms with Gasteiger partial charge in [-0.25, -0.2) is 4.72 Å². The van der Waals surface area contributed by atoms with Crippen molar-refractivity contribution in [2.75, 3.05) is 26.2 Å². The Labute approximate surface area is 130 Å². The second kappa shape index (κ2) is 9.77. The van der Waals surface area contributed by atoms with Crippen molar-refractivity contribution >= 4 is 10.2 Å². The Morgan fingerprint density at radius 3 is 2.33 bits per heavy atom. The summed E-state index contributed by atoms with van der Waals surface area (Å²) in [6, 6.07) is 0. The van der Waals surface area contributed by atoms with Crippen LogP contribution in [0.1, 0.15) is 58.8 Å². The molecule has 0 bridgehead atoms. The number of piperidine rings is 1. The van der Waals surface area contributed by atoms with Gasteiger partial charge in [0.1, 0.15) is 0 Å². The van der Waals surface area contributed by atoms with Crippen LogP contribution >= 0.6 is 0 Å². The van der Waals surface area contributed by atoms with E-state index >= 15 is 0 Å². The number of nitrogens with zero attached hydrogens (tertiary/aromatic N) is 1. The lowest BCUT2D eigenvalue weighted by Gasteiger charge is -2.30. The summed E-state index contributed by atoms with van der Waals surface area (Å²) in [5.74, 6) is 1.25. The lowest BCUT2D eigenvalue weighted by Crippen LogP contribution is -2.46. The molecule has 5 nitrogen and oxygen atoms in total. The van der Waals surface area contributed by atoms with Crippen molar-refractivity contribution in [3.05, 3.63) is 0 Å². The third kappa shape index (κ3) is 7.58. The quantitative estimate of drug-likeness (QED) is 0.605. The second-order valence-electron chi connectivity index (χ2n) is 6.57. The van der Waals surface area contributed by atoms with Crippen LogP contribution in [0.2, 0.25) is 0 Å². The van der Waals surface area contributed by atoms with Crippen LogP contribution in [0.4, 0.5) is 0 Å². The lowest BCUT2D eigenvalue weighted by molar-refractivity contribution is 0.276. The number of hydrogen-bond donors (Lipinski definition) is 2. The van der Waals surface area contributed by atoms with E-state index in [1.54, 1.807) is 4.31 Å². The highest BCUT2D eigenvalue weighted by Crippen LogP contribution is 2.17. The van der Waals surface area contributed by atoms with Gasteiger partial charge in [0.2, 0.25) is 0 Å². The van der Waals surface area contributed by atoms with Gasteiger partial charge in [0, 0.05) is 19.6 Å². The number of nitrogens with one attached hydrogen (secondary N) is 1. The van der Waals surface area contributed by atoms with Crippen LogP contribution in [0.5, 0.6) is 0 Å². The van der Waals surface area contributed by atoms with E-state index in [0.717, 1.165) is 31.6 Å². The minimum atomic E-state index is -3.28. The summed E-state index contributed by atoms with van der Waals surface area (Å²) >= 11 is 0. The first kappa shape index (κ1) is 18.9. The molecule has 0 spiro atoms. The molecule has 0 saturated carbocycles. The molecule has 0 aromatic carbocycles. The predicted molar refractivity (Wildman–Crippen MR) is 88.2 cm³/mol. The third-order valence-electron chi connectivity index (χ3n) is 4.24. The molecule has 126 valence electrons. The molecule has 6 heteroatoms. The molecule has 0 amide bonds. The summed E-state index contributed by atoms with van der Waals surface area (Å²) in [7, 11) is -3.28. The predicted octanol–water partition coefficient (Wildman–Crippen LogP) is 2.10. The van der Waals surface area contributed by atoms with Gasteiger partial charge in [-0.2, -0.15) is 12.7 Å². The number of nitrogens with two attached hydrogens (primary N) is 1. The summed E-state index contributed by atoms with van der Waals surface area (Å²) in [6.07, 6.45) is 7.50. The molecule has 0 aromatic heterocycles. The maximum absolute atomic E-state index is 12.1. The zero-order valence-electron chi connectivity index (χ0n) is 13.7. The molecule has 1 saturated heterocycles. The summed E-state index contributed by atoms with van der Waals surface area (Å²) in [5.41, 5.74) is 5.63. The minimum Gasteiger partial charge on any atom is -0.330 e. The van der Waals surface area contributed by atoms with E-state index < -0.39 is 10.2 Å². The van der Waals surface area contributed by atoms with E-state index in [9.17, 15) is 8.42 Å². The molecule has 0 aromatic rings. The van der Waals surface area contributed by atoms with E-state index in [0.29, 0.717) is 32.1 Å². The van der Waals surface area contributed by atoms with Crippen LogP contribution < -0.4 is 10.5 Å². The average Bonchev–Trinajstić information content (AvgIpc) is 2.46. The Kier molecular flexibility index (Phi) is 8.78. The Balaban J connectivity index is 2.13. The number of hydrogen-bond acceptors (Lipinski definition) is 3. The van der Waals surface area contributed by atoms with Crippen LogP contribution in [0.3, 0.4) is 0 Å². The van der Waals surface area contributed by atoms with Gasteiger partial charge in [0.15, 0.2) is 0 Å². The van der Waals surface area contributed by atoms with Crippen molar-refractivity contribution in [3.63, 3.8) is 0 Å². The van der Waals surface area contributed by atoms with Crippen molar-refractivity contribution in [3.8, 4) is 0 Å². The molecule has 1 rings (SSSR count). The molecule has 1 heterocycles. The minimum absolute atomic E-state index is 0.484. The molecule has 0 radical (unpaired) electrons. The first-order chi connectivity index (χ1) is 9.95. The largest absolute Gasteiger partial charge is 0.330 e. The van der Waals surface area contributed by atoms with E-state index in [4.69, 9.17) is 5.73 Å². The molecule has 1 aliphatic heterocycles. The van der Waals surface area contributed by atoms with Gasteiger partial charge < -0.3 is 5.73 Å². The fourth-order valence-corrected chi connectivity index (χ4v) is 3.99. The normalized spacial score (nSPS) is 18.5. The topological polar surface area (TPSA) is 75.4 Å². The number of rotatable bonds is 10. The van der Waals surface area contributed by atoms with Gasteiger partial charge in [0.05, 0.1) is 0 Å². The highest BCUT2D eigenvalue weighted by atomic mass is 32.2.